The molecule has 0 fully saturated rings. The molecule has 6 heteroatoms. The highest BCUT2D eigenvalue weighted by molar-refractivity contribution is 6.31. The van der Waals surface area contributed by atoms with Crippen LogP contribution in [0, 0.1) is 0 Å². The molecule has 0 aliphatic heterocycles. The molecule has 4 rings (SSSR count). The number of carboxylic acid groups (broad SMARTS) is 1. The number of benzene rings is 4. The SMILES string of the molecule is CCCCCc1ccc(CNC(=O)c2cccc(-c3ccc(CN(Cc4ccccc4)C(=O)C(=O)O)cc3)c2)cc1. The molecule has 0 radical (unpaired) electrons. The molecule has 0 aliphatic carbocycles. The van der Waals surface area contributed by atoms with Crippen molar-refractivity contribution in [3.05, 3.63) is 131 Å². The smallest absolute Gasteiger partial charge is 0.394 e. The maximum atomic E-state index is 12.9. The maximum absolute atomic E-state index is 12.9. The van der Waals surface area contributed by atoms with Gasteiger partial charge in [0.05, 0.1) is 0 Å². The molecule has 2 N–H and O–H groups in total. The number of rotatable bonds is 12. The standard InChI is InChI=1S/C35H36N2O4/c1-2-3-5-9-26-14-16-27(17-15-26)23-36-33(38)32-13-8-12-31(22-32)30-20-18-29(19-21-30)25-37(34(39)35(40)41)24-28-10-6-4-7-11-28/h4,6-8,10-22H,2-3,5,9,23-25H2,1H3,(H,36,38)(H,40,41). The molecule has 4 aromatic rings. The predicted molar refractivity (Wildman–Crippen MR) is 161 cm³/mol. The lowest BCUT2D eigenvalue weighted by atomic mass is 10.0. The van der Waals surface area contributed by atoms with Gasteiger partial charge in [-0.25, -0.2) is 4.79 Å². The van der Waals surface area contributed by atoms with Crippen molar-refractivity contribution in [2.75, 3.05) is 0 Å². The monoisotopic (exact) mass is 548 g/mol. The van der Waals surface area contributed by atoms with Crippen LogP contribution in [0.1, 0.15) is 58.8 Å². The minimum Gasteiger partial charge on any atom is -0.474 e. The molecule has 0 aromatic heterocycles. The molecule has 4 aromatic carbocycles. The van der Waals surface area contributed by atoms with E-state index < -0.39 is 11.9 Å². The van der Waals surface area contributed by atoms with Crippen molar-refractivity contribution < 1.29 is 19.5 Å². The third-order valence-corrected chi connectivity index (χ3v) is 7.02. The first-order chi connectivity index (χ1) is 19.9. The van der Waals surface area contributed by atoms with E-state index in [9.17, 15) is 19.5 Å². The second-order valence-corrected chi connectivity index (χ2v) is 10.2. The first-order valence-corrected chi connectivity index (χ1v) is 14.0. The normalized spacial score (nSPS) is 10.7. The van der Waals surface area contributed by atoms with Gasteiger partial charge in [0.1, 0.15) is 0 Å². The third-order valence-electron chi connectivity index (χ3n) is 7.02. The fraction of sp³-hybridized carbons (Fsp3) is 0.229. The Balaban J connectivity index is 1.38. The summed E-state index contributed by atoms with van der Waals surface area (Å²) in [6, 6.07) is 32.8. The summed E-state index contributed by atoms with van der Waals surface area (Å²) in [5.74, 6) is -2.56. The van der Waals surface area contributed by atoms with Crippen molar-refractivity contribution in [2.24, 2.45) is 0 Å². The van der Waals surface area contributed by atoms with Gasteiger partial charge in [-0.2, -0.15) is 0 Å². The molecular formula is C35H36N2O4. The van der Waals surface area contributed by atoms with E-state index >= 15 is 0 Å². The number of nitrogens with zero attached hydrogens (tertiary/aromatic N) is 1. The topological polar surface area (TPSA) is 86.7 Å². The lowest BCUT2D eigenvalue weighted by Gasteiger charge is -2.21. The van der Waals surface area contributed by atoms with E-state index in [1.807, 2.05) is 72.8 Å². The molecule has 2 amide bonds. The molecule has 41 heavy (non-hydrogen) atoms. The number of unbranched alkanes of at least 4 members (excludes halogenated alkanes) is 2. The molecule has 0 aliphatic rings. The van der Waals surface area contributed by atoms with E-state index in [1.54, 1.807) is 6.07 Å². The Morgan fingerprint density at radius 2 is 1.32 bits per heavy atom. The number of aryl methyl sites for hydroxylation is 1. The minimum absolute atomic E-state index is 0.140. The van der Waals surface area contributed by atoms with Gasteiger partial charge in [0.2, 0.25) is 0 Å². The summed E-state index contributed by atoms with van der Waals surface area (Å²) in [5, 5.41) is 12.3. The lowest BCUT2D eigenvalue weighted by Crippen LogP contribution is -2.35. The highest BCUT2D eigenvalue weighted by atomic mass is 16.4. The van der Waals surface area contributed by atoms with E-state index in [0.29, 0.717) is 12.1 Å². The second-order valence-electron chi connectivity index (χ2n) is 10.2. The number of hydrogen-bond acceptors (Lipinski definition) is 3. The Kier molecular flexibility index (Phi) is 10.4. The van der Waals surface area contributed by atoms with Crippen LogP contribution in [-0.2, 0) is 35.6 Å². The quantitative estimate of drug-likeness (QED) is 0.154. The highest BCUT2D eigenvalue weighted by Crippen LogP contribution is 2.22. The lowest BCUT2D eigenvalue weighted by molar-refractivity contribution is -0.156. The summed E-state index contributed by atoms with van der Waals surface area (Å²) in [5.41, 5.74) is 6.43. The van der Waals surface area contributed by atoms with Crippen molar-refractivity contribution >= 4 is 17.8 Å². The van der Waals surface area contributed by atoms with Crippen molar-refractivity contribution in [1.29, 1.82) is 0 Å². The van der Waals surface area contributed by atoms with Crippen molar-refractivity contribution in [3.8, 4) is 11.1 Å². The zero-order valence-electron chi connectivity index (χ0n) is 23.4. The first kappa shape index (κ1) is 29.3. The Bertz CT molecular complexity index is 1450. The summed E-state index contributed by atoms with van der Waals surface area (Å²) >= 11 is 0. The Morgan fingerprint density at radius 1 is 0.683 bits per heavy atom. The van der Waals surface area contributed by atoms with Gasteiger partial charge in [-0.15, -0.1) is 0 Å². The van der Waals surface area contributed by atoms with Gasteiger partial charge in [0.25, 0.3) is 5.91 Å². The molecule has 0 spiro atoms. The molecule has 6 nitrogen and oxygen atoms in total. The van der Waals surface area contributed by atoms with E-state index in [4.69, 9.17) is 0 Å². The highest BCUT2D eigenvalue weighted by Gasteiger charge is 2.21. The summed E-state index contributed by atoms with van der Waals surface area (Å²) in [4.78, 5) is 38.0. The number of carbonyl (C=O) groups excluding carboxylic acids is 2. The van der Waals surface area contributed by atoms with E-state index in [2.05, 4.69) is 36.5 Å². The number of carboxylic acids is 1. The van der Waals surface area contributed by atoms with Gasteiger partial charge < -0.3 is 15.3 Å². The van der Waals surface area contributed by atoms with Crippen LogP contribution in [0.3, 0.4) is 0 Å². The van der Waals surface area contributed by atoms with E-state index in [0.717, 1.165) is 34.2 Å². The zero-order chi connectivity index (χ0) is 29.0. The van der Waals surface area contributed by atoms with Crippen LogP contribution in [0.15, 0.2) is 103 Å². The Hall–Kier alpha value is -4.71. The Labute approximate surface area is 241 Å². The number of aliphatic carboxylic acids is 1. The minimum atomic E-state index is -1.48. The van der Waals surface area contributed by atoms with Crippen LogP contribution < -0.4 is 5.32 Å². The fourth-order valence-corrected chi connectivity index (χ4v) is 4.69. The van der Waals surface area contributed by atoms with Crippen molar-refractivity contribution in [3.63, 3.8) is 0 Å². The van der Waals surface area contributed by atoms with Gasteiger partial charge in [-0.05, 0) is 58.4 Å². The van der Waals surface area contributed by atoms with Gasteiger partial charge in [-0.3, -0.25) is 9.59 Å². The van der Waals surface area contributed by atoms with Crippen LogP contribution in [0.4, 0.5) is 0 Å². The molecule has 0 unspecified atom stereocenters. The van der Waals surface area contributed by atoms with Crippen LogP contribution >= 0.6 is 0 Å². The summed E-state index contributed by atoms with van der Waals surface area (Å²) in [7, 11) is 0. The Morgan fingerprint density at radius 3 is 1.98 bits per heavy atom. The third kappa shape index (κ3) is 8.64. The summed E-state index contributed by atoms with van der Waals surface area (Å²) in [6.45, 7) is 3.03. The van der Waals surface area contributed by atoms with Gasteiger partial charge in [0, 0.05) is 25.2 Å². The number of carbonyl (C=O) groups is 3. The first-order valence-electron chi connectivity index (χ1n) is 14.0. The van der Waals surface area contributed by atoms with E-state index in [1.165, 1.54) is 29.7 Å². The summed E-state index contributed by atoms with van der Waals surface area (Å²) < 4.78 is 0. The van der Waals surface area contributed by atoms with Gasteiger partial charge in [0.15, 0.2) is 0 Å². The van der Waals surface area contributed by atoms with Crippen LogP contribution in [0.2, 0.25) is 0 Å². The van der Waals surface area contributed by atoms with Crippen LogP contribution in [0.25, 0.3) is 11.1 Å². The number of amides is 2. The molecule has 0 saturated heterocycles. The molecule has 0 heterocycles. The molecule has 0 atom stereocenters. The molecule has 0 saturated carbocycles. The zero-order valence-corrected chi connectivity index (χ0v) is 23.4. The predicted octanol–water partition coefficient (Wildman–Crippen LogP) is 6.63. The molecular weight excluding hydrogens is 512 g/mol. The van der Waals surface area contributed by atoms with Crippen LogP contribution in [-0.4, -0.2) is 27.8 Å². The van der Waals surface area contributed by atoms with E-state index in [-0.39, 0.29) is 19.0 Å². The largest absolute Gasteiger partial charge is 0.474 e. The average molecular weight is 549 g/mol. The van der Waals surface area contributed by atoms with Crippen LogP contribution in [0.5, 0.6) is 0 Å². The fourth-order valence-electron chi connectivity index (χ4n) is 4.69. The maximum Gasteiger partial charge on any atom is 0.394 e. The molecule has 0 bridgehead atoms. The van der Waals surface area contributed by atoms with Gasteiger partial charge >= 0.3 is 11.9 Å². The average Bonchev–Trinajstić information content (AvgIpc) is 3.01. The van der Waals surface area contributed by atoms with Gasteiger partial charge in [-0.1, -0.05) is 111 Å². The second kappa shape index (κ2) is 14.6. The van der Waals surface area contributed by atoms with Crippen molar-refractivity contribution in [1.82, 2.24) is 10.2 Å². The molecule has 210 valence electrons. The number of hydrogen-bond donors (Lipinski definition) is 2. The summed E-state index contributed by atoms with van der Waals surface area (Å²) in [6.07, 6.45) is 4.73. The number of nitrogens with one attached hydrogen (secondary N) is 1. The van der Waals surface area contributed by atoms with Crippen molar-refractivity contribution in [2.45, 2.75) is 52.2 Å².